The maximum Gasteiger partial charge on any atom is 0.0971 e. The van der Waals surface area contributed by atoms with Crippen LogP contribution in [0.5, 0.6) is 0 Å². The molecular weight excluding hydrogens is 1470 g/mol. The Hall–Kier alpha value is -13.8. The van der Waals surface area contributed by atoms with Gasteiger partial charge in [-0.1, -0.05) is 230 Å². The van der Waals surface area contributed by atoms with Crippen LogP contribution in [0.15, 0.2) is 334 Å². The maximum atomic E-state index is 4.72. The van der Waals surface area contributed by atoms with E-state index in [0.29, 0.717) is 0 Å². The van der Waals surface area contributed by atoms with Crippen LogP contribution in [0.25, 0.3) is 225 Å². The molecule has 0 amide bonds. The van der Waals surface area contributed by atoms with E-state index in [1.807, 2.05) is 34.0 Å². The molecule has 0 saturated heterocycles. The minimum absolute atomic E-state index is 0.952. The molecule has 546 valence electrons. The van der Waals surface area contributed by atoms with Gasteiger partial charge in [-0.05, 0) is 229 Å². The van der Waals surface area contributed by atoms with E-state index in [0.717, 1.165) is 65.4 Å². The third-order valence-electron chi connectivity index (χ3n) is 23.3. The molecule has 0 spiro atoms. The van der Waals surface area contributed by atoms with Crippen molar-refractivity contribution >= 4 is 192 Å². The predicted octanol–water partition coefficient (Wildman–Crippen LogP) is 30.5. The van der Waals surface area contributed by atoms with Crippen molar-refractivity contribution in [2.75, 3.05) is 0 Å². The first-order valence-electron chi connectivity index (χ1n) is 39.3. The zero-order valence-corrected chi connectivity index (χ0v) is 66.6. The third kappa shape index (κ3) is 11.5. The highest BCUT2D eigenvalue weighted by atomic mass is 32.1. The molecule has 0 bridgehead atoms. The van der Waals surface area contributed by atoms with Gasteiger partial charge in [0.2, 0.25) is 0 Å². The fourth-order valence-corrected chi connectivity index (χ4v) is 21.9. The number of benzene rings is 18. The van der Waals surface area contributed by atoms with Crippen LogP contribution in [-0.2, 0) is 0 Å². The van der Waals surface area contributed by atoms with Gasteiger partial charge in [0, 0.05) is 130 Å². The highest BCUT2D eigenvalue weighted by Gasteiger charge is 2.21. The lowest BCUT2D eigenvalue weighted by Crippen LogP contribution is -1.89. The third-order valence-corrected chi connectivity index (χ3v) is 27.3. The first-order chi connectivity index (χ1) is 57.0. The normalized spacial score (nSPS) is 11.8. The number of thiophene rings is 3. The molecule has 116 heavy (non-hydrogen) atoms. The van der Waals surface area contributed by atoms with Crippen LogP contribution in [-0.4, -0.2) is 29.9 Å². The molecule has 0 aliphatic carbocycles. The number of rotatable bonds is 6. The summed E-state index contributed by atoms with van der Waals surface area (Å²) in [6.45, 7) is 11.0. The largest absolute Gasteiger partial charge is 0.252 e. The van der Waals surface area contributed by atoms with E-state index in [1.54, 1.807) is 37.2 Å². The average Bonchev–Trinajstić information content (AvgIpc) is 1.70. The molecule has 24 rings (SSSR count). The Morgan fingerprint density at radius 3 is 0.922 bits per heavy atom. The van der Waals surface area contributed by atoms with Crippen LogP contribution in [0.1, 0.15) is 27.8 Å². The number of nitrogens with zero attached hydrogens (tertiary/aromatic N) is 6. The molecule has 0 N–H and O–H groups in total. The molecule has 9 heteroatoms. The Bertz CT molecular complexity index is 8150. The first kappa shape index (κ1) is 69.0. The van der Waals surface area contributed by atoms with Crippen molar-refractivity contribution in [3.8, 4) is 66.8 Å². The van der Waals surface area contributed by atoms with Crippen LogP contribution in [0.2, 0.25) is 0 Å². The summed E-state index contributed by atoms with van der Waals surface area (Å²) >= 11 is 5.71. The van der Waals surface area contributed by atoms with Gasteiger partial charge >= 0.3 is 0 Å². The van der Waals surface area contributed by atoms with Crippen LogP contribution in [0.4, 0.5) is 0 Å². The first-order valence-corrected chi connectivity index (χ1v) is 41.8. The second kappa shape index (κ2) is 27.8. The Balaban J connectivity index is 0.000000106. The zero-order chi connectivity index (χ0) is 77.4. The highest BCUT2D eigenvalue weighted by molar-refractivity contribution is 7.27. The Morgan fingerprint density at radius 2 is 0.474 bits per heavy atom. The monoisotopic (exact) mass is 1530 g/mol. The molecule has 0 radical (unpaired) electrons. The molecule has 0 unspecified atom stereocenters. The molecular formula is C107H70N6S3. The van der Waals surface area contributed by atoms with Gasteiger partial charge in [-0.25, -0.2) is 0 Å². The number of hydrogen-bond donors (Lipinski definition) is 0. The van der Waals surface area contributed by atoms with Crippen LogP contribution in [0.3, 0.4) is 0 Å². The summed E-state index contributed by atoms with van der Waals surface area (Å²) in [5, 5.41) is 22.2. The van der Waals surface area contributed by atoms with E-state index in [2.05, 4.69) is 347 Å². The van der Waals surface area contributed by atoms with Crippen molar-refractivity contribution in [2.45, 2.75) is 34.6 Å². The van der Waals surface area contributed by atoms with E-state index in [4.69, 9.17) is 15.0 Å². The van der Waals surface area contributed by atoms with Crippen LogP contribution >= 0.6 is 34.0 Å². The predicted molar refractivity (Wildman–Crippen MR) is 499 cm³/mol. The molecule has 6 aromatic heterocycles. The smallest absolute Gasteiger partial charge is 0.0971 e. The van der Waals surface area contributed by atoms with Crippen molar-refractivity contribution in [1.29, 1.82) is 0 Å². The Morgan fingerprint density at radius 1 is 0.172 bits per heavy atom. The quantitative estimate of drug-likeness (QED) is 0.154. The standard InChI is InChI=1S/C37H26N2S.2C35H22N2S/c1-21-15-23(3)36-32(17-21)33-18-22(2)16-30(37(33)40-36)26-8-6-7-24(19-26)25-11-12-29-31(20-25)27-9-4-5-10-28(27)34-35(29)39-14-13-38-34;1-21-7-4-13-29-30-14-6-12-25(35(30)38-34(21)29)24-9-5-8-22(19-24)23-15-16-28-31(20-23)26-10-2-3-11-27(26)32-33(28)37-18-17-36-32;1-21-17-29(35-31(18-21)26-10-4-5-12-32(26)38-35)24-8-6-7-22(19-24)23-13-14-28-30(20-23)25-9-2-3-11-27(25)33-34(28)37-16-15-36-33/h4-20H,1-3H3;2*2-20H,1H3. The number of hydrogen-bond acceptors (Lipinski definition) is 9. The average molecular weight is 1540 g/mol. The summed E-state index contributed by atoms with van der Waals surface area (Å²) in [5.74, 6) is 0. The van der Waals surface area contributed by atoms with Crippen molar-refractivity contribution < 1.29 is 0 Å². The molecule has 0 atom stereocenters. The van der Waals surface area contributed by atoms with Gasteiger partial charge in [-0.3, -0.25) is 29.9 Å². The van der Waals surface area contributed by atoms with Crippen molar-refractivity contribution in [3.63, 3.8) is 0 Å². The minimum atomic E-state index is 0.952. The Labute approximate surface area is 680 Å². The van der Waals surface area contributed by atoms with Gasteiger partial charge in [0.1, 0.15) is 0 Å². The van der Waals surface area contributed by atoms with Crippen molar-refractivity contribution in [2.24, 2.45) is 0 Å². The number of fused-ring (bicyclic) bond motifs is 27. The SMILES string of the molecule is Cc1cc(-c2cccc(-c3ccc4c(c3)c3ccccc3c3nccnc43)c2)c2sc3ccccc3c2c1.Cc1cc(C)c2sc3c(-c4cccc(-c5ccc6c(c5)c5ccccc5c5nccnc65)c4)cc(C)cc3c2c1.Cc1cccc2c1sc1c(-c3cccc(-c4ccc5c(c4)c4ccccc4c4nccnc54)c3)cccc12. The highest BCUT2D eigenvalue weighted by Crippen LogP contribution is 2.48. The minimum Gasteiger partial charge on any atom is -0.252 e. The summed E-state index contributed by atoms with van der Waals surface area (Å²) < 4.78 is 8.17. The van der Waals surface area contributed by atoms with Gasteiger partial charge in [-0.15, -0.1) is 34.0 Å². The molecule has 0 fully saturated rings. The van der Waals surface area contributed by atoms with E-state index in [9.17, 15) is 0 Å². The molecule has 0 aliphatic heterocycles. The summed E-state index contributed by atoms with van der Waals surface area (Å²) in [7, 11) is 0. The second-order valence-corrected chi connectivity index (χ2v) is 33.8. The summed E-state index contributed by atoms with van der Waals surface area (Å²) in [5.41, 5.74) is 27.2. The van der Waals surface area contributed by atoms with E-state index >= 15 is 0 Å². The van der Waals surface area contributed by atoms with E-state index in [1.165, 1.54) is 187 Å². The Kier molecular flexibility index (Phi) is 16.5. The maximum absolute atomic E-state index is 4.72. The van der Waals surface area contributed by atoms with Gasteiger partial charge in [0.05, 0.1) is 33.1 Å². The summed E-state index contributed by atoms with van der Waals surface area (Å²) in [6, 6.07) is 109. The molecule has 0 aliphatic rings. The lowest BCUT2D eigenvalue weighted by molar-refractivity contribution is 1.31. The number of aryl methyl sites for hydroxylation is 5. The molecule has 24 aromatic rings. The lowest BCUT2D eigenvalue weighted by atomic mass is 9.93. The van der Waals surface area contributed by atoms with Gasteiger partial charge in [-0.2, -0.15) is 0 Å². The lowest BCUT2D eigenvalue weighted by Gasteiger charge is -2.12. The van der Waals surface area contributed by atoms with Gasteiger partial charge in [0.25, 0.3) is 0 Å². The fourth-order valence-electron chi connectivity index (χ4n) is 18.1. The van der Waals surface area contributed by atoms with E-state index < -0.39 is 0 Å². The van der Waals surface area contributed by atoms with Gasteiger partial charge < -0.3 is 0 Å². The topological polar surface area (TPSA) is 77.3 Å². The van der Waals surface area contributed by atoms with Gasteiger partial charge in [0.15, 0.2) is 0 Å². The second-order valence-electron chi connectivity index (χ2n) is 30.7. The molecule has 6 nitrogen and oxygen atoms in total. The fraction of sp³-hybridized carbons (Fsp3) is 0.0467. The molecule has 18 aromatic carbocycles. The molecule has 6 heterocycles. The van der Waals surface area contributed by atoms with Crippen molar-refractivity contribution in [1.82, 2.24) is 29.9 Å². The van der Waals surface area contributed by atoms with Crippen LogP contribution < -0.4 is 0 Å². The zero-order valence-electron chi connectivity index (χ0n) is 64.2. The molecule has 0 saturated carbocycles. The van der Waals surface area contributed by atoms with Crippen LogP contribution in [0, 0.1) is 34.6 Å². The van der Waals surface area contributed by atoms with E-state index in [-0.39, 0.29) is 0 Å². The summed E-state index contributed by atoms with van der Waals surface area (Å²) in [6.07, 6.45) is 10.7. The van der Waals surface area contributed by atoms with Crippen molar-refractivity contribution in [3.05, 3.63) is 362 Å². The number of aromatic nitrogens is 6. The summed E-state index contributed by atoms with van der Waals surface area (Å²) in [4.78, 5) is 28.2.